The van der Waals surface area contributed by atoms with Crippen LogP contribution < -0.4 is 5.32 Å². The molecule has 0 unspecified atom stereocenters. The van der Waals surface area contributed by atoms with Gasteiger partial charge < -0.3 is 14.8 Å². The minimum Gasteiger partial charge on any atom is -0.352 e. The number of nitrogens with one attached hydrogen (secondary N) is 1. The lowest BCUT2D eigenvalue weighted by Gasteiger charge is -2.28. The second-order valence-corrected chi connectivity index (χ2v) is 8.34. The Hall–Kier alpha value is -1.88. The Kier molecular flexibility index (Phi) is 5.22. The molecular weight excluding hydrogens is 352 g/mol. The summed E-state index contributed by atoms with van der Waals surface area (Å²) in [5.41, 5.74) is 5.24. The van der Waals surface area contributed by atoms with E-state index in [1.807, 2.05) is 12.3 Å². The van der Waals surface area contributed by atoms with E-state index in [0.29, 0.717) is 6.04 Å². The summed E-state index contributed by atoms with van der Waals surface area (Å²) in [4.78, 5) is 7.02. The summed E-state index contributed by atoms with van der Waals surface area (Å²) in [6, 6.07) is 9.51. The molecular formula is C22H30N4S. The van der Waals surface area contributed by atoms with Gasteiger partial charge in [0.25, 0.3) is 0 Å². The molecule has 0 radical (unpaired) electrons. The molecule has 0 aromatic carbocycles. The van der Waals surface area contributed by atoms with Gasteiger partial charge in [0.1, 0.15) is 0 Å². The van der Waals surface area contributed by atoms with Crippen LogP contribution in [-0.4, -0.2) is 26.1 Å². The molecule has 2 fully saturated rings. The van der Waals surface area contributed by atoms with Crippen molar-refractivity contribution in [3.63, 3.8) is 0 Å². The third-order valence-electron chi connectivity index (χ3n) is 6.19. The molecule has 144 valence electrons. The Morgan fingerprint density at radius 1 is 1.22 bits per heavy atom. The third-order valence-corrected chi connectivity index (χ3v) is 6.55. The third kappa shape index (κ3) is 3.27. The van der Waals surface area contributed by atoms with Crippen LogP contribution in [0.5, 0.6) is 0 Å². The van der Waals surface area contributed by atoms with Crippen molar-refractivity contribution in [3.05, 3.63) is 53.1 Å². The molecule has 5 heteroatoms. The van der Waals surface area contributed by atoms with Gasteiger partial charge in [0, 0.05) is 30.2 Å². The predicted molar refractivity (Wildman–Crippen MR) is 114 cm³/mol. The lowest BCUT2D eigenvalue weighted by Crippen LogP contribution is -2.30. The summed E-state index contributed by atoms with van der Waals surface area (Å²) in [5, 5.41) is 4.41. The molecule has 0 bridgehead atoms. The fourth-order valence-electron chi connectivity index (χ4n) is 5.05. The van der Waals surface area contributed by atoms with Gasteiger partial charge in [-0.1, -0.05) is 25.8 Å². The van der Waals surface area contributed by atoms with Gasteiger partial charge in [-0.05, 0) is 69.1 Å². The second-order valence-electron chi connectivity index (χ2n) is 7.95. The maximum absolute atomic E-state index is 5.73. The number of aromatic nitrogens is 2. The first-order valence-corrected chi connectivity index (χ1v) is 10.7. The Morgan fingerprint density at radius 2 is 2.00 bits per heavy atom. The number of aryl methyl sites for hydroxylation is 1. The minimum atomic E-state index is 0.0998. The van der Waals surface area contributed by atoms with E-state index in [0.717, 1.165) is 23.8 Å². The summed E-state index contributed by atoms with van der Waals surface area (Å²) in [5.74, 6) is 0. The Labute approximate surface area is 168 Å². The highest BCUT2D eigenvalue weighted by Gasteiger charge is 2.41. The summed E-state index contributed by atoms with van der Waals surface area (Å²) < 4.78 is 2.59. The van der Waals surface area contributed by atoms with E-state index in [9.17, 15) is 0 Å². The van der Waals surface area contributed by atoms with Crippen LogP contribution in [0.2, 0.25) is 0 Å². The Balaban J connectivity index is 1.78. The topological polar surface area (TPSA) is 33.1 Å². The van der Waals surface area contributed by atoms with Gasteiger partial charge in [0.2, 0.25) is 0 Å². The summed E-state index contributed by atoms with van der Waals surface area (Å²) >= 11 is 5.73. The highest BCUT2D eigenvalue weighted by Crippen LogP contribution is 2.42. The average molecular weight is 383 g/mol. The highest BCUT2D eigenvalue weighted by atomic mass is 32.1. The first kappa shape index (κ1) is 18.5. The molecule has 1 saturated heterocycles. The monoisotopic (exact) mass is 382 g/mol. The van der Waals surface area contributed by atoms with E-state index >= 15 is 0 Å². The lowest BCUT2D eigenvalue weighted by atomic mass is 9.96. The van der Waals surface area contributed by atoms with Gasteiger partial charge in [-0.3, -0.25) is 4.98 Å². The van der Waals surface area contributed by atoms with Crippen LogP contribution in [0.1, 0.15) is 79.8 Å². The zero-order valence-electron chi connectivity index (χ0n) is 16.6. The fraction of sp³-hybridized carbons (Fsp3) is 0.545. The normalized spacial score (nSPS) is 23.2. The van der Waals surface area contributed by atoms with Gasteiger partial charge in [-0.15, -0.1) is 0 Å². The zero-order chi connectivity index (χ0) is 19.0. The largest absolute Gasteiger partial charge is 0.352 e. The van der Waals surface area contributed by atoms with Crippen LogP contribution in [-0.2, 0) is 0 Å². The molecule has 1 saturated carbocycles. The summed E-state index contributed by atoms with van der Waals surface area (Å²) in [6.07, 6.45) is 8.27. The molecule has 4 rings (SSSR count). The van der Waals surface area contributed by atoms with Crippen LogP contribution in [0.3, 0.4) is 0 Å². The first-order chi connectivity index (χ1) is 13.1. The number of thiocarbonyl (C=S) groups is 1. The van der Waals surface area contributed by atoms with E-state index in [-0.39, 0.29) is 12.1 Å². The Morgan fingerprint density at radius 3 is 2.67 bits per heavy atom. The van der Waals surface area contributed by atoms with E-state index in [1.54, 1.807) is 0 Å². The summed E-state index contributed by atoms with van der Waals surface area (Å²) in [7, 11) is 0. The average Bonchev–Trinajstić information content (AvgIpc) is 3.36. The molecule has 2 aromatic rings. The molecule has 2 aliphatic rings. The van der Waals surface area contributed by atoms with Crippen LogP contribution in [0, 0.1) is 13.8 Å². The lowest BCUT2D eigenvalue weighted by molar-refractivity contribution is 0.315. The number of hydrogen-bond donors (Lipinski definition) is 1. The minimum absolute atomic E-state index is 0.0998. The molecule has 2 atom stereocenters. The second kappa shape index (κ2) is 7.63. The van der Waals surface area contributed by atoms with Crippen molar-refractivity contribution >= 4 is 17.3 Å². The summed E-state index contributed by atoms with van der Waals surface area (Å²) in [6.45, 7) is 7.74. The van der Waals surface area contributed by atoms with Crippen molar-refractivity contribution in [2.45, 2.75) is 71.0 Å². The van der Waals surface area contributed by atoms with Gasteiger partial charge in [-0.2, -0.15) is 0 Å². The van der Waals surface area contributed by atoms with Crippen LogP contribution >= 0.6 is 12.2 Å². The zero-order valence-corrected chi connectivity index (χ0v) is 17.4. The standard InChI is InChI=1S/C22H30N4S/c1-4-13-25-21(20(24-22(25)27)19-11-7-8-12-23-19)18-14-15(2)26(16(18)3)17-9-5-6-10-17/h7-8,11-12,14,17,20-21H,4-6,9-10,13H2,1-3H3,(H,24,27)/t20-,21+/m0/s1. The molecule has 2 aromatic heterocycles. The maximum Gasteiger partial charge on any atom is 0.170 e. The predicted octanol–water partition coefficient (Wildman–Crippen LogP) is 5.00. The SMILES string of the molecule is CCCN1C(=S)N[C@@H](c2ccccn2)[C@H]1c1cc(C)n(C2CCCC2)c1C. The van der Waals surface area contributed by atoms with Crippen molar-refractivity contribution in [2.75, 3.05) is 6.54 Å². The van der Waals surface area contributed by atoms with Crippen LogP contribution in [0.4, 0.5) is 0 Å². The molecule has 0 spiro atoms. The molecule has 4 nitrogen and oxygen atoms in total. The number of pyridine rings is 1. The smallest absolute Gasteiger partial charge is 0.170 e. The molecule has 1 aliphatic carbocycles. The maximum atomic E-state index is 5.73. The fourth-order valence-corrected chi connectivity index (χ4v) is 5.38. The van der Waals surface area contributed by atoms with Crippen molar-refractivity contribution in [1.29, 1.82) is 0 Å². The van der Waals surface area contributed by atoms with Crippen molar-refractivity contribution in [3.8, 4) is 0 Å². The molecule has 1 aliphatic heterocycles. The van der Waals surface area contributed by atoms with E-state index < -0.39 is 0 Å². The van der Waals surface area contributed by atoms with Gasteiger partial charge >= 0.3 is 0 Å². The molecule has 0 amide bonds. The van der Waals surface area contributed by atoms with Gasteiger partial charge in [-0.25, -0.2) is 0 Å². The number of nitrogens with zero attached hydrogens (tertiary/aromatic N) is 3. The van der Waals surface area contributed by atoms with E-state index in [2.05, 4.69) is 58.7 Å². The van der Waals surface area contributed by atoms with Crippen molar-refractivity contribution in [2.24, 2.45) is 0 Å². The van der Waals surface area contributed by atoms with E-state index in [4.69, 9.17) is 12.2 Å². The molecule has 27 heavy (non-hydrogen) atoms. The molecule has 3 heterocycles. The number of hydrogen-bond acceptors (Lipinski definition) is 2. The first-order valence-electron chi connectivity index (χ1n) is 10.3. The van der Waals surface area contributed by atoms with Gasteiger partial charge in [0.15, 0.2) is 5.11 Å². The van der Waals surface area contributed by atoms with Crippen LogP contribution in [0.15, 0.2) is 30.5 Å². The highest BCUT2D eigenvalue weighted by molar-refractivity contribution is 7.80. The quantitative estimate of drug-likeness (QED) is 0.738. The van der Waals surface area contributed by atoms with Gasteiger partial charge in [0.05, 0.1) is 17.8 Å². The number of rotatable bonds is 5. The van der Waals surface area contributed by atoms with E-state index in [1.165, 1.54) is 42.6 Å². The molecule has 1 N–H and O–H groups in total. The van der Waals surface area contributed by atoms with Crippen LogP contribution in [0.25, 0.3) is 0 Å². The Bertz CT molecular complexity index is 807. The van der Waals surface area contributed by atoms with Crippen molar-refractivity contribution < 1.29 is 0 Å². The van der Waals surface area contributed by atoms with Crippen molar-refractivity contribution in [1.82, 2.24) is 19.8 Å².